The fraction of sp³-hybridized carbons (Fsp3) is 0.417. The Balaban J connectivity index is 1.68. The molecule has 1 heterocycles. The van der Waals surface area contributed by atoms with Crippen molar-refractivity contribution < 1.29 is 4.79 Å². The zero-order valence-corrected chi connectivity index (χ0v) is 17.6. The molecule has 154 valence electrons. The van der Waals surface area contributed by atoms with Crippen molar-refractivity contribution in [3.8, 4) is 11.1 Å². The molecule has 0 saturated carbocycles. The van der Waals surface area contributed by atoms with E-state index in [1.54, 1.807) is 0 Å². The average Bonchev–Trinajstić information content (AvgIpc) is 2.92. The summed E-state index contributed by atoms with van der Waals surface area (Å²) >= 11 is 0. The van der Waals surface area contributed by atoms with Gasteiger partial charge in [0.25, 0.3) is 0 Å². The van der Waals surface area contributed by atoms with Gasteiger partial charge in [0.1, 0.15) is 0 Å². The Morgan fingerprint density at radius 2 is 1.83 bits per heavy atom. The number of hydrogen-bond donors (Lipinski definition) is 2. The molecule has 0 bridgehead atoms. The third kappa shape index (κ3) is 6.24. The maximum Gasteiger partial charge on any atom is 0.216 e. The predicted octanol–water partition coefficient (Wildman–Crippen LogP) is 3.17. The van der Waals surface area contributed by atoms with Crippen LogP contribution in [0.4, 0.5) is 0 Å². The van der Waals surface area contributed by atoms with E-state index in [1.807, 2.05) is 0 Å². The van der Waals surface area contributed by atoms with Gasteiger partial charge in [0.05, 0.1) is 0 Å². The van der Waals surface area contributed by atoms with Gasteiger partial charge in [-0.3, -0.25) is 9.69 Å². The van der Waals surface area contributed by atoms with Gasteiger partial charge in [-0.1, -0.05) is 36.4 Å². The first-order valence-electron chi connectivity index (χ1n) is 10.4. The van der Waals surface area contributed by atoms with Gasteiger partial charge < -0.3 is 15.6 Å². The first-order chi connectivity index (χ1) is 14.0. The number of carbonyl (C=O) groups excluding carboxylic acids is 1. The highest BCUT2D eigenvalue weighted by Crippen LogP contribution is 2.25. The van der Waals surface area contributed by atoms with E-state index in [0.29, 0.717) is 6.54 Å². The van der Waals surface area contributed by atoms with E-state index in [4.69, 9.17) is 5.41 Å². The Hall–Kier alpha value is -2.50. The minimum Gasteiger partial charge on any atom is -0.356 e. The molecule has 0 aliphatic carbocycles. The van der Waals surface area contributed by atoms with E-state index in [9.17, 15) is 4.79 Å². The molecule has 5 heteroatoms. The lowest BCUT2D eigenvalue weighted by molar-refractivity contribution is -0.118. The van der Waals surface area contributed by atoms with E-state index in [0.717, 1.165) is 49.3 Å². The van der Waals surface area contributed by atoms with E-state index in [2.05, 4.69) is 64.6 Å². The van der Waals surface area contributed by atoms with Crippen LogP contribution in [-0.2, 0) is 17.8 Å². The van der Waals surface area contributed by atoms with Crippen LogP contribution in [0.25, 0.3) is 11.1 Å². The number of carbonyl (C=O) groups is 1. The van der Waals surface area contributed by atoms with Crippen LogP contribution in [0.15, 0.2) is 42.5 Å². The van der Waals surface area contributed by atoms with Gasteiger partial charge in [-0.25, -0.2) is 0 Å². The molecule has 2 aromatic rings. The second kappa shape index (κ2) is 10.3. The third-order valence-corrected chi connectivity index (χ3v) is 5.54. The number of rotatable bonds is 7. The normalized spacial score (nSPS) is 15.7. The highest BCUT2D eigenvalue weighted by atomic mass is 16.1. The van der Waals surface area contributed by atoms with Crippen molar-refractivity contribution in [2.24, 2.45) is 0 Å². The zero-order chi connectivity index (χ0) is 20.6. The van der Waals surface area contributed by atoms with Gasteiger partial charge in [0.2, 0.25) is 5.91 Å². The molecule has 1 saturated heterocycles. The lowest BCUT2D eigenvalue weighted by atomic mass is 9.96. The third-order valence-electron chi connectivity index (χ3n) is 5.54. The molecule has 2 aromatic carbocycles. The van der Waals surface area contributed by atoms with Crippen LogP contribution in [0.2, 0.25) is 0 Å². The first kappa shape index (κ1) is 21.2. The van der Waals surface area contributed by atoms with Crippen molar-refractivity contribution in [1.29, 1.82) is 5.41 Å². The second-order valence-corrected chi connectivity index (χ2v) is 7.93. The summed E-state index contributed by atoms with van der Waals surface area (Å²) in [4.78, 5) is 15.9. The summed E-state index contributed by atoms with van der Waals surface area (Å²) in [6.07, 6.45) is 3.49. The zero-order valence-electron chi connectivity index (χ0n) is 17.6. The van der Waals surface area contributed by atoms with Crippen LogP contribution < -0.4 is 5.32 Å². The Morgan fingerprint density at radius 3 is 2.55 bits per heavy atom. The maximum atomic E-state index is 11.0. The molecule has 0 spiro atoms. The molecule has 0 unspecified atom stereocenters. The lowest BCUT2D eigenvalue weighted by Crippen LogP contribution is -2.28. The Bertz CT molecular complexity index is 831. The molecule has 5 nitrogen and oxygen atoms in total. The van der Waals surface area contributed by atoms with Crippen molar-refractivity contribution in [2.45, 2.75) is 26.3 Å². The van der Waals surface area contributed by atoms with Crippen molar-refractivity contribution in [1.82, 2.24) is 15.1 Å². The minimum atomic E-state index is 0.00420. The summed E-state index contributed by atoms with van der Waals surface area (Å²) in [6, 6.07) is 14.9. The standard InChI is InChI=1S/C24H32N4O/c1-19(29)26-11-10-20-4-7-22(8-5-20)24-9-6-21(16-23(24)17-25)18-28-13-3-12-27(2)14-15-28/h4-9,16-17,25H,3,10-15,18H2,1-2H3,(H,26,29). The van der Waals surface area contributed by atoms with Gasteiger partial charge in [-0.15, -0.1) is 0 Å². The maximum absolute atomic E-state index is 11.0. The van der Waals surface area contributed by atoms with Crippen molar-refractivity contribution in [3.05, 3.63) is 59.2 Å². The summed E-state index contributed by atoms with van der Waals surface area (Å²) in [5.74, 6) is 0.00420. The molecule has 1 amide bonds. The second-order valence-electron chi connectivity index (χ2n) is 7.93. The minimum absolute atomic E-state index is 0.00420. The molecule has 0 atom stereocenters. The Morgan fingerprint density at radius 1 is 1.07 bits per heavy atom. The van der Waals surface area contributed by atoms with Crippen molar-refractivity contribution in [3.63, 3.8) is 0 Å². The van der Waals surface area contributed by atoms with Gasteiger partial charge >= 0.3 is 0 Å². The fourth-order valence-electron chi connectivity index (χ4n) is 3.84. The van der Waals surface area contributed by atoms with E-state index in [-0.39, 0.29) is 5.91 Å². The fourth-order valence-corrected chi connectivity index (χ4v) is 3.84. The number of hydrogen-bond acceptors (Lipinski definition) is 4. The van der Waals surface area contributed by atoms with E-state index in [1.165, 1.54) is 37.2 Å². The molecule has 29 heavy (non-hydrogen) atoms. The molecule has 0 radical (unpaired) electrons. The van der Waals surface area contributed by atoms with Gasteiger partial charge in [0.15, 0.2) is 0 Å². The van der Waals surface area contributed by atoms with E-state index >= 15 is 0 Å². The largest absolute Gasteiger partial charge is 0.356 e. The molecule has 3 rings (SSSR count). The number of nitrogens with zero attached hydrogens (tertiary/aromatic N) is 2. The number of likely N-dealkylation sites (N-methyl/N-ethyl adjacent to an activating group) is 1. The van der Waals surface area contributed by atoms with Crippen LogP contribution in [-0.4, -0.2) is 61.7 Å². The smallest absolute Gasteiger partial charge is 0.216 e. The van der Waals surface area contributed by atoms with E-state index < -0.39 is 0 Å². The van der Waals surface area contributed by atoms with Crippen LogP contribution in [0.1, 0.15) is 30.0 Å². The van der Waals surface area contributed by atoms with Crippen LogP contribution >= 0.6 is 0 Å². The summed E-state index contributed by atoms with van der Waals surface area (Å²) in [5.41, 5.74) is 5.63. The number of benzene rings is 2. The lowest BCUT2D eigenvalue weighted by Gasteiger charge is -2.20. The Kier molecular flexibility index (Phi) is 7.55. The van der Waals surface area contributed by atoms with Crippen molar-refractivity contribution in [2.75, 3.05) is 39.8 Å². The monoisotopic (exact) mass is 392 g/mol. The van der Waals surface area contributed by atoms with Gasteiger partial charge in [-0.2, -0.15) is 0 Å². The van der Waals surface area contributed by atoms with Gasteiger partial charge in [0, 0.05) is 44.9 Å². The number of amides is 1. The molecular weight excluding hydrogens is 360 g/mol. The summed E-state index contributed by atoms with van der Waals surface area (Å²) in [7, 11) is 2.19. The van der Waals surface area contributed by atoms with Gasteiger partial charge in [-0.05, 0) is 61.3 Å². The summed E-state index contributed by atoms with van der Waals surface area (Å²) < 4.78 is 0. The predicted molar refractivity (Wildman–Crippen MR) is 120 cm³/mol. The highest BCUT2D eigenvalue weighted by molar-refractivity contribution is 5.89. The summed E-state index contributed by atoms with van der Waals surface area (Å²) in [5, 5.41) is 10.7. The number of nitrogens with one attached hydrogen (secondary N) is 2. The first-order valence-corrected chi connectivity index (χ1v) is 10.4. The van der Waals surface area contributed by atoms with Crippen LogP contribution in [0.3, 0.4) is 0 Å². The average molecular weight is 393 g/mol. The van der Waals surface area contributed by atoms with Crippen LogP contribution in [0, 0.1) is 5.41 Å². The molecule has 1 aliphatic heterocycles. The quantitative estimate of drug-likeness (QED) is 0.712. The molecule has 1 aliphatic rings. The topological polar surface area (TPSA) is 59.4 Å². The SMILES string of the molecule is CC(=O)NCCc1ccc(-c2ccc(CN3CCCN(C)CC3)cc2C=N)cc1. The summed E-state index contributed by atoms with van der Waals surface area (Å²) in [6.45, 7) is 7.64. The highest BCUT2D eigenvalue weighted by Gasteiger charge is 2.13. The molecule has 2 N–H and O–H groups in total. The van der Waals surface area contributed by atoms with Crippen molar-refractivity contribution >= 4 is 12.1 Å². The van der Waals surface area contributed by atoms with Crippen LogP contribution in [0.5, 0.6) is 0 Å². The molecule has 0 aromatic heterocycles. The Labute approximate surface area is 174 Å². The molecule has 1 fully saturated rings. The molecular formula is C24H32N4O.